The molecule has 0 unspecified atom stereocenters. The van der Waals surface area contributed by atoms with E-state index in [1.54, 1.807) is 24.3 Å². The number of nitrogens with two attached hydrogens (primary N) is 1. The molecule has 1 saturated heterocycles. The first-order valence-corrected chi connectivity index (χ1v) is 6.52. The van der Waals surface area contributed by atoms with Crippen molar-refractivity contribution in [3.05, 3.63) is 29.8 Å². The van der Waals surface area contributed by atoms with Gasteiger partial charge in [0, 0.05) is 11.7 Å². The number of nitrogen functional groups attached to an aromatic ring is 1. The van der Waals surface area contributed by atoms with E-state index in [1.807, 2.05) is 0 Å². The Morgan fingerprint density at radius 3 is 3.06 bits per heavy atom. The van der Waals surface area contributed by atoms with Crippen LogP contribution in [0.15, 0.2) is 24.3 Å². The van der Waals surface area contributed by atoms with Crippen LogP contribution < -0.4 is 11.1 Å². The topological polar surface area (TPSA) is 64.4 Å². The average molecular weight is 248 g/mol. The summed E-state index contributed by atoms with van der Waals surface area (Å²) in [6.45, 7) is 1.54. The first-order valence-electron chi connectivity index (χ1n) is 6.52. The third kappa shape index (κ3) is 3.74. The lowest BCUT2D eigenvalue weighted by molar-refractivity contribution is 0.0486. The highest BCUT2D eigenvalue weighted by atomic mass is 16.5. The normalized spacial score (nSPS) is 19.4. The highest BCUT2D eigenvalue weighted by Crippen LogP contribution is 2.11. The van der Waals surface area contributed by atoms with Crippen molar-refractivity contribution in [3.8, 4) is 0 Å². The summed E-state index contributed by atoms with van der Waals surface area (Å²) in [5, 5.41) is 3.43. The number of carbonyl (C=O) groups excluding carboxylic acids is 1. The molecule has 1 heterocycles. The van der Waals surface area contributed by atoms with E-state index in [0.29, 0.717) is 23.9 Å². The van der Waals surface area contributed by atoms with Crippen LogP contribution in [0.2, 0.25) is 0 Å². The maximum absolute atomic E-state index is 11.7. The number of benzene rings is 1. The van der Waals surface area contributed by atoms with Crippen LogP contribution in [-0.4, -0.2) is 25.2 Å². The molecule has 0 bridgehead atoms. The fraction of sp³-hybridized carbons (Fsp3) is 0.500. The van der Waals surface area contributed by atoms with Crippen LogP contribution in [0.25, 0.3) is 0 Å². The lowest BCUT2D eigenvalue weighted by Crippen LogP contribution is -2.35. The van der Waals surface area contributed by atoms with Crippen LogP contribution in [0.1, 0.15) is 36.0 Å². The molecule has 0 saturated carbocycles. The molecule has 1 fully saturated rings. The van der Waals surface area contributed by atoms with E-state index in [1.165, 1.54) is 19.3 Å². The highest BCUT2D eigenvalue weighted by Gasteiger charge is 2.13. The molecule has 4 nitrogen and oxygen atoms in total. The van der Waals surface area contributed by atoms with Crippen molar-refractivity contribution in [1.29, 1.82) is 0 Å². The first-order chi connectivity index (χ1) is 8.75. The van der Waals surface area contributed by atoms with E-state index in [0.717, 1.165) is 13.0 Å². The van der Waals surface area contributed by atoms with Gasteiger partial charge in [-0.1, -0.05) is 12.5 Å². The van der Waals surface area contributed by atoms with Crippen molar-refractivity contribution in [2.24, 2.45) is 0 Å². The smallest absolute Gasteiger partial charge is 0.338 e. The molecule has 1 aliphatic rings. The number of hydrogen-bond acceptors (Lipinski definition) is 4. The van der Waals surface area contributed by atoms with Crippen molar-refractivity contribution >= 4 is 11.7 Å². The van der Waals surface area contributed by atoms with Gasteiger partial charge in [-0.05, 0) is 44.0 Å². The lowest BCUT2D eigenvalue weighted by atomic mass is 10.0. The Morgan fingerprint density at radius 2 is 2.33 bits per heavy atom. The van der Waals surface area contributed by atoms with Crippen LogP contribution in [0.3, 0.4) is 0 Å². The summed E-state index contributed by atoms with van der Waals surface area (Å²) in [5.41, 5.74) is 6.73. The fourth-order valence-corrected chi connectivity index (χ4v) is 2.21. The van der Waals surface area contributed by atoms with Gasteiger partial charge in [-0.25, -0.2) is 4.79 Å². The standard InChI is InChI=1S/C14H20N2O2/c15-12-5-3-4-11(10-12)14(17)18-9-7-13-6-1-2-8-16-13/h3-5,10,13,16H,1-2,6-9,15H2/t13-/m0/s1. The summed E-state index contributed by atoms with van der Waals surface area (Å²) in [7, 11) is 0. The third-order valence-corrected chi connectivity index (χ3v) is 3.23. The second kappa shape index (κ2) is 6.40. The Morgan fingerprint density at radius 1 is 1.44 bits per heavy atom. The Balaban J connectivity index is 1.74. The van der Waals surface area contributed by atoms with Gasteiger partial charge in [0.2, 0.25) is 0 Å². The molecule has 1 aromatic rings. The number of piperidine rings is 1. The molecule has 2 rings (SSSR count). The van der Waals surface area contributed by atoms with Gasteiger partial charge in [0.1, 0.15) is 0 Å². The minimum atomic E-state index is -0.293. The van der Waals surface area contributed by atoms with Crippen molar-refractivity contribution in [2.75, 3.05) is 18.9 Å². The van der Waals surface area contributed by atoms with E-state index in [4.69, 9.17) is 10.5 Å². The summed E-state index contributed by atoms with van der Waals surface area (Å²) >= 11 is 0. The van der Waals surface area contributed by atoms with Gasteiger partial charge in [-0.3, -0.25) is 0 Å². The number of hydrogen-bond donors (Lipinski definition) is 2. The predicted molar refractivity (Wildman–Crippen MR) is 71.4 cm³/mol. The summed E-state index contributed by atoms with van der Waals surface area (Å²) in [5.74, 6) is -0.293. The van der Waals surface area contributed by atoms with Crippen LogP contribution in [-0.2, 0) is 4.74 Å². The van der Waals surface area contributed by atoms with Crippen LogP contribution in [0, 0.1) is 0 Å². The first kappa shape index (κ1) is 12.9. The van der Waals surface area contributed by atoms with Gasteiger partial charge in [0.05, 0.1) is 12.2 Å². The van der Waals surface area contributed by atoms with Crippen LogP contribution in [0.5, 0.6) is 0 Å². The zero-order chi connectivity index (χ0) is 12.8. The minimum Gasteiger partial charge on any atom is -0.462 e. The number of ether oxygens (including phenoxy) is 1. The van der Waals surface area contributed by atoms with E-state index in [9.17, 15) is 4.79 Å². The molecular formula is C14H20N2O2. The Labute approximate surface area is 108 Å². The zero-order valence-electron chi connectivity index (χ0n) is 10.5. The van der Waals surface area contributed by atoms with Gasteiger partial charge < -0.3 is 15.8 Å². The summed E-state index contributed by atoms with van der Waals surface area (Å²) in [4.78, 5) is 11.7. The molecule has 3 N–H and O–H groups in total. The summed E-state index contributed by atoms with van der Waals surface area (Å²) < 4.78 is 5.25. The van der Waals surface area contributed by atoms with Crippen molar-refractivity contribution in [1.82, 2.24) is 5.32 Å². The van der Waals surface area contributed by atoms with E-state index in [-0.39, 0.29) is 5.97 Å². The lowest BCUT2D eigenvalue weighted by Gasteiger charge is -2.23. The molecule has 98 valence electrons. The molecular weight excluding hydrogens is 228 g/mol. The highest BCUT2D eigenvalue weighted by molar-refractivity contribution is 5.90. The number of carbonyl (C=O) groups is 1. The zero-order valence-corrected chi connectivity index (χ0v) is 10.5. The fourth-order valence-electron chi connectivity index (χ4n) is 2.21. The Bertz CT molecular complexity index is 401. The van der Waals surface area contributed by atoms with Crippen molar-refractivity contribution in [3.63, 3.8) is 0 Å². The van der Waals surface area contributed by atoms with Gasteiger partial charge in [-0.15, -0.1) is 0 Å². The van der Waals surface area contributed by atoms with Crippen LogP contribution >= 0.6 is 0 Å². The molecule has 1 atom stereocenters. The van der Waals surface area contributed by atoms with Gasteiger partial charge >= 0.3 is 5.97 Å². The monoisotopic (exact) mass is 248 g/mol. The average Bonchev–Trinajstić information content (AvgIpc) is 2.40. The van der Waals surface area contributed by atoms with E-state index in [2.05, 4.69) is 5.32 Å². The van der Waals surface area contributed by atoms with Gasteiger partial charge in [0.15, 0.2) is 0 Å². The molecule has 0 radical (unpaired) electrons. The molecule has 4 heteroatoms. The van der Waals surface area contributed by atoms with Crippen LogP contribution in [0.4, 0.5) is 5.69 Å². The number of anilines is 1. The van der Waals surface area contributed by atoms with E-state index < -0.39 is 0 Å². The summed E-state index contributed by atoms with van der Waals surface area (Å²) in [6.07, 6.45) is 4.57. The maximum Gasteiger partial charge on any atom is 0.338 e. The minimum absolute atomic E-state index is 0.293. The summed E-state index contributed by atoms with van der Waals surface area (Å²) in [6, 6.07) is 7.36. The number of nitrogens with one attached hydrogen (secondary N) is 1. The number of esters is 1. The second-order valence-electron chi connectivity index (χ2n) is 4.70. The Hall–Kier alpha value is -1.55. The third-order valence-electron chi connectivity index (χ3n) is 3.23. The second-order valence-corrected chi connectivity index (χ2v) is 4.70. The number of rotatable bonds is 4. The van der Waals surface area contributed by atoms with E-state index >= 15 is 0 Å². The molecule has 0 amide bonds. The molecule has 1 aromatic carbocycles. The quantitative estimate of drug-likeness (QED) is 0.631. The molecule has 0 spiro atoms. The molecule has 18 heavy (non-hydrogen) atoms. The Kier molecular flexibility index (Phi) is 4.59. The molecule has 0 aliphatic carbocycles. The van der Waals surface area contributed by atoms with Crippen molar-refractivity contribution < 1.29 is 9.53 Å². The van der Waals surface area contributed by atoms with Gasteiger partial charge in [0.25, 0.3) is 0 Å². The van der Waals surface area contributed by atoms with Crippen molar-refractivity contribution in [2.45, 2.75) is 31.7 Å². The SMILES string of the molecule is Nc1cccc(C(=O)OCC[C@@H]2CCCCN2)c1. The molecule has 0 aromatic heterocycles. The maximum atomic E-state index is 11.7. The molecule has 1 aliphatic heterocycles. The predicted octanol–water partition coefficient (Wildman–Crippen LogP) is 1.96. The van der Waals surface area contributed by atoms with Gasteiger partial charge in [-0.2, -0.15) is 0 Å². The largest absolute Gasteiger partial charge is 0.462 e.